The van der Waals surface area contributed by atoms with Crippen LogP contribution in [0.15, 0.2) is 90.0 Å². The highest BCUT2D eigenvalue weighted by molar-refractivity contribution is 5.75. The van der Waals surface area contributed by atoms with Crippen molar-refractivity contribution in [2.24, 2.45) is 0 Å². The van der Waals surface area contributed by atoms with Gasteiger partial charge in [0.2, 0.25) is 0 Å². The number of carbonyl (C=O) groups is 1. The maximum absolute atomic E-state index is 14.2. The molecule has 1 aliphatic heterocycles. The van der Waals surface area contributed by atoms with E-state index in [1.165, 1.54) is 21.6 Å². The van der Waals surface area contributed by atoms with Crippen LogP contribution in [0.5, 0.6) is 0 Å². The maximum Gasteiger partial charge on any atom is 0.350 e. The maximum atomic E-state index is 14.2. The number of carboxylic acid groups (broad SMARTS) is 1. The van der Waals surface area contributed by atoms with Crippen LogP contribution in [-0.4, -0.2) is 43.4 Å². The van der Waals surface area contributed by atoms with E-state index in [2.05, 4.69) is 5.10 Å². The van der Waals surface area contributed by atoms with Crippen LogP contribution >= 0.6 is 0 Å². The van der Waals surface area contributed by atoms with Crippen LogP contribution in [0.1, 0.15) is 54.5 Å². The molecule has 5 rings (SSSR count). The number of piperidine rings is 1. The zero-order valence-corrected chi connectivity index (χ0v) is 20.6. The highest BCUT2D eigenvalue weighted by Crippen LogP contribution is 2.33. The number of aromatic nitrogens is 3. The van der Waals surface area contributed by atoms with Gasteiger partial charge in [0.1, 0.15) is 18.2 Å². The zero-order valence-electron chi connectivity index (χ0n) is 20.6. The van der Waals surface area contributed by atoms with Crippen molar-refractivity contribution in [1.29, 1.82) is 0 Å². The van der Waals surface area contributed by atoms with Crippen LogP contribution in [0.2, 0.25) is 0 Å². The number of likely N-dealkylation sites (tertiary alicyclic amines) is 1. The molecule has 37 heavy (non-hydrogen) atoms. The summed E-state index contributed by atoms with van der Waals surface area (Å²) in [6.07, 6.45) is 3.17. The second-order valence-electron chi connectivity index (χ2n) is 9.48. The van der Waals surface area contributed by atoms with Gasteiger partial charge in [0.05, 0.1) is 11.7 Å². The molecule has 2 heterocycles. The van der Waals surface area contributed by atoms with Gasteiger partial charge in [-0.3, -0.25) is 9.69 Å². The highest BCUT2D eigenvalue weighted by Gasteiger charge is 2.31. The number of rotatable bonds is 7. The molecule has 0 unspecified atom stereocenters. The molecule has 4 aromatic rings. The van der Waals surface area contributed by atoms with Gasteiger partial charge in [-0.25, -0.2) is 18.4 Å². The Morgan fingerprint density at radius 2 is 1.62 bits per heavy atom. The molecule has 0 aliphatic carbocycles. The Morgan fingerprint density at radius 3 is 2.27 bits per heavy atom. The van der Waals surface area contributed by atoms with E-state index in [-0.39, 0.29) is 11.5 Å². The lowest BCUT2D eigenvalue weighted by Gasteiger charge is -2.36. The average molecular weight is 501 g/mol. The number of nitrogens with zero attached hydrogens (tertiary/aromatic N) is 4. The van der Waals surface area contributed by atoms with Crippen molar-refractivity contribution >= 4 is 5.97 Å². The number of carboxylic acids is 1. The second-order valence-corrected chi connectivity index (χ2v) is 9.48. The minimum absolute atomic E-state index is 0.316. The third-order valence-corrected chi connectivity index (χ3v) is 7.30. The van der Waals surface area contributed by atoms with E-state index in [9.17, 15) is 19.1 Å². The van der Waals surface area contributed by atoms with Gasteiger partial charge in [-0.2, -0.15) is 5.10 Å². The summed E-state index contributed by atoms with van der Waals surface area (Å²) >= 11 is 0. The number of aliphatic carboxylic acids is 1. The first-order valence-electron chi connectivity index (χ1n) is 12.5. The Kier molecular flexibility index (Phi) is 7.01. The summed E-state index contributed by atoms with van der Waals surface area (Å²) in [7, 11) is 0. The molecule has 1 aromatic heterocycles. The zero-order chi connectivity index (χ0) is 25.9. The molecule has 3 aromatic carbocycles. The van der Waals surface area contributed by atoms with E-state index in [4.69, 9.17) is 0 Å². The molecule has 0 amide bonds. The summed E-state index contributed by atoms with van der Waals surface area (Å²) in [6.45, 7) is 3.14. The van der Waals surface area contributed by atoms with Crippen molar-refractivity contribution in [3.8, 4) is 5.69 Å². The molecule has 0 radical (unpaired) electrons. The van der Waals surface area contributed by atoms with Gasteiger partial charge in [0.25, 0.3) is 0 Å². The SMILES string of the molecule is C[C@H](c1ccccc1F)n1ncn(-c2ccc(C3CCN([C@H](C(=O)O)c4ccccc4)CC3)cc2)c1=O. The fraction of sp³-hybridized carbons (Fsp3) is 0.276. The molecule has 2 atom stereocenters. The lowest BCUT2D eigenvalue weighted by Crippen LogP contribution is -2.39. The topological polar surface area (TPSA) is 80.4 Å². The van der Waals surface area contributed by atoms with E-state index >= 15 is 0 Å². The van der Waals surface area contributed by atoms with Crippen LogP contribution in [0, 0.1) is 5.82 Å². The third kappa shape index (κ3) is 4.97. The minimum atomic E-state index is -0.829. The molecule has 1 N–H and O–H groups in total. The molecule has 0 spiro atoms. The van der Waals surface area contributed by atoms with Gasteiger partial charge >= 0.3 is 11.7 Å². The summed E-state index contributed by atoms with van der Waals surface area (Å²) in [6, 6.07) is 22.4. The van der Waals surface area contributed by atoms with Gasteiger partial charge in [-0.05, 0) is 68.1 Å². The van der Waals surface area contributed by atoms with Crippen molar-refractivity contribution in [2.45, 2.75) is 37.8 Å². The first-order valence-corrected chi connectivity index (χ1v) is 12.5. The molecule has 1 saturated heterocycles. The first kappa shape index (κ1) is 24.6. The monoisotopic (exact) mass is 500 g/mol. The summed E-state index contributed by atoms with van der Waals surface area (Å²) in [5.74, 6) is -0.884. The van der Waals surface area contributed by atoms with Crippen LogP contribution in [-0.2, 0) is 4.79 Å². The summed E-state index contributed by atoms with van der Waals surface area (Å²) < 4.78 is 17.0. The predicted molar refractivity (Wildman–Crippen MR) is 138 cm³/mol. The number of benzene rings is 3. The van der Waals surface area contributed by atoms with Gasteiger partial charge in [-0.1, -0.05) is 60.7 Å². The van der Waals surface area contributed by atoms with Crippen LogP contribution < -0.4 is 5.69 Å². The van der Waals surface area contributed by atoms with Gasteiger partial charge < -0.3 is 5.11 Å². The summed E-state index contributed by atoms with van der Waals surface area (Å²) in [5.41, 5.74) is 2.72. The van der Waals surface area contributed by atoms with E-state index in [1.807, 2.05) is 59.5 Å². The molecular weight excluding hydrogens is 471 g/mol. The molecule has 8 heteroatoms. The molecular formula is C29H29FN4O3. The van der Waals surface area contributed by atoms with Crippen molar-refractivity contribution in [1.82, 2.24) is 19.2 Å². The second kappa shape index (κ2) is 10.5. The smallest absolute Gasteiger partial charge is 0.350 e. The fourth-order valence-corrected chi connectivity index (χ4v) is 5.25. The standard InChI is InChI=1S/C29H29FN4O3/c1-20(25-9-5-6-10-26(25)30)34-29(37)33(19-31-34)24-13-11-21(12-14-24)22-15-17-32(18-16-22)27(28(35)36)23-7-3-2-4-8-23/h2-14,19-20,22,27H,15-18H2,1H3,(H,35,36)/t20-,27+/m1/s1. The van der Waals surface area contributed by atoms with Gasteiger partial charge in [-0.15, -0.1) is 0 Å². The summed E-state index contributed by atoms with van der Waals surface area (Å²) in [5, 5.41) is 14.1. The van der Waals surface area contributed by atoms with Crippen molar-refractivity contribution in [3.63, 3.8) is 0 Å². The quantitative estimate of drug-likeness (QED) is 0.395. The number of hydrogen-bond acceptors (Lipinski definition) is 4. The number of hydrogen-bond donors (Lipinski definition) is 1. The van der Waals surface area contributed by atoms with E-state index in [0.717, 1.165) is 24.0 Å². The fourth-order valence-electron chi connectivity index (χ4n) is 5.25. The van der Waals surface area contributed by atoms with Crippen LogP contribution in [0.3, 0.4) is 0 Å². The van der Waals surface area contributed by atoms with E-state index in [0.29, 0.717) is 30.3 Å². The lowest BCUT2D eigenvalue weighted by atomic mass is 9.88. The lowest BCUT2D eigenvalue weighted by molar-refractivity contribution is -0.144. The number of halogens is 1. The van der Waals surface area contributed by atoms with E-state index in [1.54, 1.807) is 25.1 Å². The Morgan fingerprint density at radius 1 is 0.973 bits per heavy atom. The minimum Gasteiger partial charge on any atom is -0.480 e. The highest BCUT2D eigenvalue weighted by atomic mass is 19.1. The molecule has 1 aliphatic rings. The Bertz CT molecular complexity index is 1420. The largest absolute Gasteiger partial charge is 0.480 e. The van der Waals surface area contributed by atoms with Gasteiger partial charge in [0, 0.05) is 5.56 Å². The third-order valence-electron chi connectivity index (χ3n) is 7.30. The van der Waals surface area contributed by atoms with Crippen LogP contribution in [0.25, 0.3) is 5.69 Å². The van der Waals surface area contributed by atoms with Crippen molar-refractivity contribution in [3.05, 3.63) is 118 Å². The Hall–Kier alpha value is -4.04. The Balaban J connectivity index is 1.28. The van der Waals surface area contributed by atoms with Crippen LogP contribution in [0.4, 0.5) is 4.39 Å². The molecule has 0 bridgehead atoms. The molecule has 190 valence electrons. The first-order chi connectivity index (χ1) is 17.9. The van der Waals surface area contributed by atoms with Crippen molar-refractivity contribution < 1.29 is 14.3 Å². The van der Waals surface area contributed by atoms with E-state index < -0.39 is 18.1 Å². The normalized spacial score (nSPS) is 16.4. The molecule has 0 saturated carbocycles. The van der Waals surface area contributed by atoms with Crippen molar-refractivity contribution in [2.75, 3.05) is 13.1 Å². The summed E-state index contributed by atoms with van der Waals surface area (Å²) in [4.78, 5) is 27.1. The Labute approximate surface area is 214 Å². The molecule has 1 fully saturated rings. The average Bonchev–Trinajstić information content (AvgIpc) is 3.31. The predicted octanol–water partition coefficient (Wildman–Crippen LogP) is 4.79. The van der Waals surface area contributed by atoms with Gasteiger partial charge in [0.15, 0.2) is 0 Å². The molecule has 7 nitrogen and oxygen atoms in total.